The van der Waals surface area contributed by atoms with Crippen molar-refractivity contribution in [2.24, 2.45) is 5.92 Å². The Kier molecular flexibility index (Phi) is 6.44. The lowest BCUT2D eigenvalue weighted by atomic mass is 9.85. The highest BCUT2D eigenvalue weighted by atomic mass is 32.1. The summed E-state index contributed by atoms with van der Waals surface area (Å²) in [7, 11) is 0. The van der Waals surface area contributed by atoms with Crippen LogP contribution in [-0.4, -0.2) is 41.3 Å². The minimum absolute atomic E-state index is 0.0136. The number of hydrogen-bond acceptors (Lipinski definition) is 5. The minimum atomic E-state index is 0.0136. The van der Waals surface area contributed by atoms with Crippen molar-refractivity contribution in [3.63, 3.8) is 0 Å². The first-order chi connectivity index (χ1) is 14.6. The summed E-state index contributed by atoms with van der Waals surface area (Å²) < 4.78 is 0. The quantitative estimate of drug-likeness (QED) is 0.772. The molecule has 0 spiro atoms. The van der Waals surface area contributed by atoms with Gasteiger partial charge in [0.1, 0.15) is 0 Å². The van der Waals surface area contributed by atoms with Gasteiger partial charge in [-0.25, -0.2) is 4.98 Å². The molecule has 30 heavy (non-hydrogen) atoms. The molecule has 1 saturated heterocycles. The molecule has 2 fully saturated rings. The third kappa shape index (κ3) is 4.71. The monoisotopic (exact) mass is 422 g/mol. The van der Waals surface area contributed by atoms with Crippen LogP contribution in [0.5, 0.6) is 0 Å². The number of nitrogens with zero attached hydrogens (tertiary/aromatic N) is 3. The van der Waals surface area contributed by atoms with Crippen LogP contribution in [0.2, 0.25) is 0 Å². The minimum Gasteiger partial charge on any atom is -0.355 e. The molecule has 1 saturated carbocycles. The Hall–Kier alpha value is -2.72. The van der Waals surface area contributed by atoms with Crippen molar-refractivity contribution < 1.29 is 9.59 Å². The van der Waals surface area contributed by atoms with Crippen LogP contribution in [0.4, 0.5) is 0 Å². The van der Waals surface area contributed by atoms with Crippen molar-refractivity contribution >= 4 is 23.2 Å². The van der Waals surface area contributed by atoms with E-state index in [4.69, 9.17) is 10.2 Å². The van der Waals surface area contributed by atoms with E-state index in [-0.39, 0.29) is 23.7 Å². The zero-order valence-corrected chi connectivity index (χ0v) is 17.8. The molecule has 2 aliphatic rings. The fourth-order valence-corrected chi connectivity index (χ4v) is 4.97. The molecule has 0 bridgehead atoms. The number of nitriles is 1. The van der Waals surface area contributed by atoms with Gasteiger partial charge in [-0.15, -0.1) is 11.3 Å². The van der Waals surface area contributed by atoms with Crippen LogP contribution in [0.25, 0.3) is 0 Å². The summed E-state index contributed by atoms with van der Waals surface area (Å²) >= 11 is 1.65. The van der Waals surface area contributed by atoms with Crippen LogP contribution >= 0.6 is 11.3 Å². The van der Waals surface area contributed by atoms with Gasteiger partial charge in [0.25, 0.3) is 5.91 Å². The van der Waals surface area contributed by atoms with E-state index in [1.165, 1.54) is 6.42 Å². The standard InChI is InChI=1S/C23H26N4O2S/c24-13-16-6-8-18(9-7-16)23(29)27-12-2-5-19(14-27)22-26-20(15-30-22)10-11-25-21(28)17-3-1-4-17/h6-9,15,17,19H,1-5,10-12,14H2,(H,25,28)/t19-/m1/s1. The first-order valence-corrected chi connectivity index (χ1v) is 11.5. The van der Waals surface area contributed by atoms with E-state index in [9.17, 15) is 9.59 Å². The van der Waals surface area contributed by atoms with E-state index in [0.29, 0.717) is 24.2 Å². The Balaban J connectivity index is 1.31. The molecule has 4 rings (SSSR count). The first-order valence-electron chi connectivity index (χ1n) is 10.7. The second kappa shape index (κ2) is 9.40. The predicted octanol–water partition coefficient (Wildman–Crippen LogP) is 3.49. The van der Waals surface area contributed by atoms with Gasteiger partial charge in [-0.05, 0) is 49.9 Å². The van der Waals surface area contributed by atoms with E-state index in [0.717, 1.165) is 49.4 Å². The SMILES string of the molecule is N#Cc1ccc(C(=O)N2CCC[C@@H](c3nc(CCNC(=O)C4CCC4)cs3)C2)cc1. The summed E-state index contributed by atoms with van der Waals surface area (Å²) in [4.78, 5) is 31.5. The number of thiazole rings is 1. The maximum absolute atomic E-state index is 12.9. The molecule has 156 valence electrons. The second-order valence-electron chi connectivity index (χ2n) is 8.13. The van der Waals surface area contributed by atoms with E-state index in [1.807, 2.05) is 4.90 Å². The fourth-order valence-electron chi connectivity index (χ4n) is 3.99. The molecule has 1 atom stereocenters. The van der Waals surface area contributed by atoms with Crippen LogP contribution in [-0.2, 0) is 11.2 Å². The third-order valence-electron chi connectivity index (χ3n) is 6.04. The van der Waals surface area contributed by atoms with Gasteiger partial charge in [0.15, 0.2) is 0 Å². The van der Waals surface area contributed by atoms with E-state index in [2.05, 4.69) is 16.8 Å². The molecule has 2 aromatic rings. The number of hydrogen-bond donors (Lipinski definition) is 1. The van der Waals surface area contributed by atoms with Gasteiger partial charge < -0.3 is 10.2 Å². The van der Waals surface area contributed by atoms with E-state index in [1.54, 1.807) is 35.6 Å². The number of carbonyl (C=O) groups is 2. The Morgan fingerprint density at radius 2 is 2.00 bits per heavy atom. The molecule has 2 amide bonds. The number of amides is 2. The Labute approximate surface area is 180 Å². The zero-order chi connectivity index (χ0) is 20.9. The summed E-state index contributed by atoms with van der Waals surface area (Å²) in [5.41, 5.74) is 2.19. The highest BCUT2D eigenvalue weighted by Crippen LogP contribution is 2.30. The van der Waals surface area contributed by atoms with Crippen molar-refractivity contribution in [1.29, 1.82) is 5.26 Å². The first kappa shape index (κ1) is 20.5. The summed E-state index contributed by atoms with van der Waals surface area (Å²) in [5.74, 6) is 0.669. The summed E-state index contributed by atoms with van der Waals surface area (Å²) in [6.45, 7) is 2.05. The average Bonchev–Trinajstić information content (AvgIpc) is 3.21. The molecule has 1 aromatic heterocycles. The van der Waals surface area contributed by atoms with Crippen LogP contribution in [0.15, 0.2) is 29.6 Å². The zero-order valence-electron chi connectivity index (χ0n) is 17.0. The topological polar surface area (TPSA) is 86.1 Å². The average molecular weight is 423 g/mol. The molecule has 7 heteroatoms. The molecule has 1 aliphatic carbocycles. The van der Waals surface area contributed by atoms with Gasteiger partial charge in [0, 0.05) is 48.8 Å². The lowest BCUT2D eigenvalue weighted by molar-refractivity contribution is -0.127. The van der Waals surface area contributed by atoms with E-state index < -0.39 is 0 Å². The lowest BCUT2D eigenvalue weighted by Gasteiger charge is -2.32. The van der Waals surface area contributed by atoms with Crippen LogP contribution in [0.1, 0.15) is 64.6 Å². The highest BCUT2D eigenvalue weighted by molar-refractivity contribution is 7.09. The van der Waals surface area contributed by atoms with Crippen molar-refractivity contribution in [3.05, 3.63) is 51.5 Å². The molecular formula is C23H26N4O2S. The highest BCUT2D eigenvalue weighted by Gasteiger charge is 2.28. The number of aromatic nitrogens is 1. The summed E-state index contributed by atoms with van der Waals surface area (Å²) in [6, 6.07) is 8.90. The summed E-state index contributed by atoms with van der Waals surface area (Å²) in [5, 5.41) is 15.1. The fraction of sp³-hybridized carbons (Fsp3) is 0.478. The largest absolute Gasteiger partial charge is 0.355 e. The van der Waals surface area contributed by atoms with Crippen LogP contribution in [0.3, 0.4) is 0 Å². The van der Waals surface area contributed by atoms with Crippen molar-refractivity contribution in [3.8, 4) is 6.07 Å². The van der Waals surface area contributed by atoms with Gasteiger partial charge in [0.05, 0.1) is 22.3 Å². The number of rotatable bonds is 6. The number of benzene rings is 1. The number of nitrogens with one attached hydrogen (secondary N) is 1. The number of piperidine rings is 1. The van der Waals surface area contributed by atoms with Crippen molar-refractivity contribution in [1.82, 2.24) is 15.2 Å². The predicted molar refractivity (Wildman–Crippen MR) is 115 cm³/mol. The normalized spacial score (nSPS) is 19.0. The molecule has 6 nitrogen and oxygen atoms in total. The summed E-state index contributed by atoms with van der Waals surface area (Å²) in [6.07, 6.45) is 5.94. The molecular weight excluding hydrogens is 396 g/mol. The maximum atomic E-state index is 12.9. The third-order valence-corrected chi connectivity index (χ3v) is 7.10. The number of carbonyl (C=O) groups excluding carboxylic acids is 2. The Bertz CT molecular complexity index is 943. The molecule has 0 radical (unpaired) electrons. The Morgan fingerprint density at radius 3 is 2.70 bits per heavy atom. The Morgan fingerprint density at radius 1 is 1.20 bits per heavy atom. The van der Waals surface area contributed by atoms with Crippen LogP contribution in [0, 0.1) is 17.2 Å². The molecule has 0 unspecified atom stereocenters. The van der Waals surface area contributed by atoms with Gasteiger partial charge in [0.2, 0.25) is 5.91 Å². The van der Waals surface area contributed by atoms with Gasteiger partial charge in [-0.3, -0.25) is 9.59 Å². The van der Waals surface area contributed by atoms with Crippen molar-refractivity contribution in [2.45, 2.75) is 44.4 Å². The van der Waals surface area contributed by atoms with Gasteiger partial charge >= 0.3 is 0 Å². The lowest BCUT2D eigenvalue weighted by Crippen LogP contribution is -2.39. The molecule has 1 aliphatic heterocycles. The molecule has 1 N–H and O–H groups in total. The van der Waals surface area contributed by atoms with Gasteiger partial charge in [-0.2, -0.15) is 5.26 Å². The molecule has 1 aromatic carbocycles. The second-order valence-corrected chi connectivity index (χ2v) is 9.02. The van der Waals surface area contributed by atoms with Gasteiger partial charge in [-0.1, -0.05) is 6.42 Å². The smallest absolute Gasteiger partial charge is 0.253 e. The van der Waals surface area contributed by atoms with Crippen LogP contribution < -0.4 is 5.32 Å². The van der Waals surface area contributed by atoms with Crippen molar-refractivity contribution in [2.75, 3.05) is 19.6 Å². The van der Waals surface area contributed by atoms with E-state index >= 15 is 0 Å². The number of likely N-dealkylation sites (tertiary alicyclic amines) is 1. The maximum Gasteiger partial charge on any atom is 0.253 e. The molecule has 2 heterocycles.